The molecule has 2 heterocycles. The molecule has 1 saturated heterocycles. The number of carboxylic acid groups (broad SMARTS) is 1. The minimum Gasteiger partial charge on any atom is -0.477 e. The number of nitrogens with zero attached hydrogens (tertiary/aromatic N) is 2. The lowest BCUT2D eigenvalue weighted by Crippen LogP contribution is -2.60. The molecule has 8 amide bonds. The third-order valence-electron chi connectivity index (χ3n) is 11.5. The standard InChI is InChI=1S/C45H77N17O11/c1-26(56-42(70)36(34(63)24-49)61-38(66)28(50)12-2-5-17-46)37(65)55-25-35(64)57-30(14-8-19-48)43(71)62-22-10-16-33(62)41(69)60-32(23-27-11-4-7-20-53-27)40(68)58-29(13-3-6-18-47)39(67)59-31(44(72)73)15-9-21-54-45(51)52/h4,7,11,15,20,26,28-30,32-34,36,63H,2-3,5-6,8-10,12-14,16-19,21-25,46-50H2,1H3,(H,55,65)(H,56,70)(H,57,64)(H,58,68)(H,59,67)(H,60,69)(H,61,66)(H,72,73)(H4,51,52,54)/b31-15-/t26-,28?,29-,30+,32-,33-,34-,36-/m0/s1. The Morgan fingerprint density at radius 1 is 0.795 bits per heavy atom. The molecule has 28 heteroatoms. The summed E-state index contributed by atoms with van der Waals surface area (Å²) in [5.74, 6) is -8.13. The van der Waals surface area contributed by atoms with Gasteiger partial charge >= 0.3 is 5.97 Å². The van der Waals surface area contributed by atoms with Gasteiger partial charge in [0.25, 0.3) is 0 Å². The molecule has 1 aliphatic rings. The van der Waals surface area contributed by atoms with Crippen LogP contribution in [-0.2, 0) is 49.6 Å². The van der Waals surface area contributed by atoms with Gasteiger partial charge in [-0.1, -0.05) is 18.6 Å². The van der Waals surface area contributed by atoms with Crippen molar-refractivity contribution < 1.29 is 53.4 Å². The predicted molar refractivity (Wildman–Crippen MR) is 267 cm³/mol. The van der Waals surface area contributed by atoms with Crippen molar-refractivity contribution in [2.45, 2.75) is 132 Å². The third kappa shape index (κ3) is 22.6. The monoisotopic (exact) mass is 1030 g/mol. The Morgan fingerprint density at radius 3 is 2.08 bits per heavy atom. The molecule has 1 aromatic rings. The number of carboxylic acids is 1. The van der Waals surface area contributed by atoms with Crippen LogP contribution in [0, 0.1) is 5.41 Å². The van der Waals surface area contributed by atoms with Crippen molar-refractivity contribution in [1.29, 1.82) is 5.41 Å². The number of guanidine groups is 1. The number of aliphatic hydroxyl groups excluding tert-OH is 1. The first-order chi connectivity index (χ1) is 34.8. The van der Waals surface area contributed by atoms with Gasteiger partial charge in [0.05, 0.1) is 18.7 Å². The number of unbranched alkanes of at least 4 members (excludes halogenated alkanes) is 2. The zero-order valence-electron chi connectivity index (χ0n) is 41.4. The van der Waals surface area contributed by atoms with Crippen LogP contribution in [0.5, 0.6) is 0 Å². The van der Waals surface area contributed by atoms with Crippen molar-refractivity contribution in [3.05, 3.63) is 41.9 Å². The van der Waals surface area contributed by atoms with E-state index in [-0.39, 0.29) is 77.1 Å². The Balaban J connectivity index is 2.22. The molecule has 0 bridgehead atoms. The van der Waals surface area contributed by atoms with E-state index in [1.165, 1.54) is 24.1 Å². The van der Waals surface area contributed by atoms with Crippen molar-refractivity contribution in [3.63, 3.8) is 0 Å². The van der Waals surface area contributed by atoms with E-state index >= 15 is 0 Å². The first kappa shape index (κ1) is 62.3. The number of hydrogen-bond donors (Lipinski definition) is 17. The second-order valence-corrected chi connectivity index (χ2v) is 17.3. The minimum absolute atomic E-state index is 0.0476. The molecule has 0 spiro atoms. The van der Waals surface area contributed by atoms with E-state index < -0.39 is 120 Å². The molecule has 73 heavy (non-hydrogen) atoms. The maximum atomic E-state index is 14.2. The summed E-state index contributed by atoms with van der Waals surface area (Å²) in [6, 6.07) is -3.88. The molecule has 0 saturated carbocycles. The van der Waals surface area contributed by atoms with Gasteiger partial charge in [-0.15, -0.1) is 0 Å². The van der Waals surface area contributed by atoms with Gasteiger partial charge in [-0.05, 0) is 103 Å². The molecule has 8 atom stereocenters. The summed E-state index contributed by atoms with van der Waals surface area (Å²) in [7, 11) is 0. The molecular formula is C45H77N17O11. The van der Waals surface area contributed by atoms with E-state index in [1.807, 2.05) is 0 Å². The lowest BCUT2D eigenvalue weighted by atomic mass is 10.0. The van der Waals surface area contributed by atoms with Gasteiger partial charge in [0.15, 0.2) is 5.96 Å². The van der Waals surface area contributed by atoms with Crippen molar-refractivity contribution in [1.82, 2.24) is 52.4 Å². The Bertz CT molecular complexity index is 2030. The van der Waals surface area contributed by atoms with Gasteiger partial charge < -0.3 is 92.0 Å². The van der Waals surface area contributed by atoms with E-state index in [0.717, 1.165) is 0 Å². The molecular weight excluding hydrogens is 955 g/mol. The van der Waals surface area contributed by atoms with Crippen molar-refractivity contribution in [3.8, 4) is 0 Å². The lowest BCUT2D eigenvalue weighted by molar-refractivity contribution is -0.142. The average molecular weight is 1030 g/mol. The van der Waals surface area contributed by atoms with Crippen LogP contribution < -0.4 is 76.9 Å². The Kier molecular flexibility index (Phi) is 28.8. The molecule has 2 rings (SSSR count). The molecule has 0 radical (unpaired) electrons. The third-order valence-corrected chi connectivity index (χ3v) is 11.5. The van der Waals surface area contributed by atoms with Gasteiger partial charge in [0.2, 0.25) is 47.3 Å². The Morgan fingerprint density at radius 2 is 1.47 bits per heavy atom. The molecule has 1 aliphatic heterocycles. The van der Waals surface area contributed by atoms with Gasteiger partial charge in [-0.25, -0.2) is 4.79 Å². The van der Waals surface area contributed by atoms with Gasteiger partial charge in [0.1, 0.15) is 41.9 Å². The quantitative estimate of drug-likeness (QED) is 0.0132. The second kappa shape index (κ2) is 33.7. The van der Waals surface area contributed by atoms with Gasteiger partial charge in [0, 0.05) is 37.9 Å². The SMILES string of the molecule is C[C@H](NC(=O)[C@@H](NC(=O)C(N)CCCCN)[C@@H](O)CN)C(=O)NCC(=O)N[C@H](CCCN)C(=O)N1CCC[C@H]1C(=O)N[C@@H](Cc1ccccn1)C(=O)N[C@@H](CCCCN)C(=O)N/C(=C\CCNC(=N)N)C(=O)O. The minimum atomic E-state index is -1.56. The maximum absolute atomic E-state index is 14.2. The van der Waals surface area contributed by atoms with E-state index in [2.05, 4.69) is 47.5 Å². The zero-order chi connectivity index (χ0) is 54.5. The van der Waals surface area contributed by atoms with Crippen LogP contribution in [0.2, 0.25) is 0 Å². The summed E-state index contributed by atoms with van der Waals surface area (Å²) < 4.78 is 0. The molecule has 0 aromatic carbocycles. The maximum Gasteiger partial charge on any atom is 0.352 e. The highest BCUT2D eigenvalue weighted by Crippen LogP contribution is 2.20. The number of pyridine rings is 1. The van der Waals surface area contributed by atoms with Crippen molar-refractivity contribution >= 4 is 59.2 Å². The van der Waals surface area contributed by atoms with E-state index in [4.69, 9.17) is 39.8 Å². The van der Waals surface area contributed by atoms with Crippen molar-refractivity contribution in [2.75, 3.05) is 45.8 Å². The van der Waals surface area contributed by atoms with Crippen LogP contribution in [0.25, 0.3) is 0 Å². The van der Waals surface area contributed by atoms with E-state index in [0.29, 0.717) is 44.3 Å². The molecule has 1 aromatic heterocycles. The van der Waals surface area contributed by atoms with E-state index in [9.17, 15) is 53.4 Å². The molecule has 1 unspecified atom stereocenters. The highest BCUT2D eigenvalue weighted by Gasteiger charge is 2.40. The van der Waals surface area contributed by atoms with Crippen LogP contribution in [0.1, 0.15) is 83.2 Å². The summed E-state index contributed by atoms with van der Waals surface area (Å²) in [5, 5.41) is 47.4. The second-order valence-electron chi connectivity index (χ2n) is 17.3. The molecule has 0 aliphatic carbocycles. The van der Waals surface area contributed by atoms with Crippen LogP contribution >= 0.6 is 0 Å². The summed E-state index contributed by atoms with van der Waals surface area (Å²) in [6.45, 7) is 1.24. The zero-order valence-corrected chi connectivity index (χ0v) is 41.4. The first-order valence-electron chi connectivity index (χ1n) is 24.3. The Hall–Kier alpha value is -6.85. The number of nitrogens with one attached hydrogen (secondary N) is 9. The number of nitrogens with two attached hydrogens (primary N) is 6. The predicted octanol–water partition coefficient (Wildman–Crippen LogP) is -6.22. The number of carbonyl (C=O) groups is 9. The highest BCUT2D eigenvalue weighted by atomic mass is 16.4. The molecule has 408 valence electrons. The van der Waals surface area contributed by atoms with Crippen LogP contribution in [0.3, 0.4) is 0 Å². The fourth-order valence-electron chi connectivity index (χ4n) is 7.46. The topological polar surface area (TPSA) is 486 Å². The van der Waals surface area contributed by atoms with Crippen LogP contribution in [0.4, 0.5) is 0 Å². The van der Waals surface area contributed by atoms with Gasteiger partial charge in [-0.2, -0.15) is 0 Å². The fraction of sp³-hybridized carbons (Fsp3) is 0.622. The first-order valence-corrected chi connectivity index (χ1v) is 24.3. The van der Waals surface area contributed by atoms with E-state index in [1.54, 1.807) is 18.2 Å². The number of rotatable bonds is 34. The fourth-order valence-corrected chi connectivity index (χ4v) is 7.46. The Labute approximate surface area is 423 Å². The molecule has 1 fully saturated rings. The summed E-state index contributed by atoms with van der Waals surface area (Å²) in [5.41, 5.74) is 33.6. The highest BCUT2D eigenvalue weighted by molar-refractivity contribution is 5.99. The van der Waals surface area contributed by atoms with Crippen LogP contribution in [-0.4, -0.2) is 173 Å². The van der Waals surface area contributed by atoms with Crippen LogP contribution in [0.15, 0.2) is 36.2 Å². The van der Waals surface area contributed by atoms with Crippen molar-refractivity contribution in [2.24, 2.45) is 34.4 Å². The molecule has 28 nitrogen and oxygen atoms in total. The average Bonchev–Trinajstić information content (AvgIpc) is 3.86. The lowest BCUT2D eigenvalue weighted by Gasteiger charge is -2.30. The number of aromatic nitrogens is 1. The number of carbonyl (C=O) groups excluding carboxylic acids is 8. The summed E-state index contributed by atoms with van der Waals surface area (Å²) in [4.78, 5) is 126. The number of aliphatic hydroxyl groups is 1. The number of hydrogen-bond acceptors (Lipinski definition) is 17. The molecule has 23 N–H and O–H groups in total. The van der Waals surface area contributed by atoms with Gasteiger partial charge in [-0.3, -0.25) is 48.7 Å². The number of likely N-dealkylation sites (tertiary alicyclic amines) is 1. The smallest absolute Gasteiger partial charge is 0.352 e. The number of amides is 8. The normalized spacial score (nSPS) is 16.2. The largest absolute Gasteiger partial charge is 0.477 e. The summed E-state index contributed by atoms with van der Waals surface area (Å²) in [6.07, 6.45) is 4.29. The summed E-state index contributed by atoms with van der Waals surface area (Å²) >= 11 is 0. The number of aliphatic carboxylic acids is 1.